The van der Waals surface area contributed by atoms with E-state index in [1.165, 1.54) is 116 Å². The number of hydrogen-bond donors (Lipinski definition) is 0. The Labute approximate surface area is 394 Å². The first kappa shape index (κ1) is 61.7. The zero-order valence-electron chi connectivity index (χ0n) is 42.0. The fraction of sp³-hybridized carbons (Fsp3) is 0.778. The first-order valence-electron chi connectivity index (χ1n) is 26.0. The highest BCUT2D eigenvalue weighted by Gasteiger charge is 2.21. The lowest BCUT2D eigenvalue weighted by atomic mass is 10.1. The minimum atomic E-state index is -4.64. The van der Waals surface area contributed by atoms with Gasteiger partial charge in [-0.15, -0.1) is 0 Å². The van der Waals surface area contributed by atoms with Crippen molar-refractivity contribution in [3.05, 3.63) is 60.8 Å². The standard InChI is InChI=1S/C54H98NO8P/c1-6-8-10-12-14-16-18-20-22-24-26-27-29-31-33-35-37-39-41-43-45-47-54(57)63-52(51-62-64(58,59)61-49-48-55(3,4)5)50-60-53(56)46-44-42-40-38-36-34-32-30-28-25-23-21-19-17-15-13-11-9-7-2/h8,10,14,16,20-23,26-27,52H,6-7,9,11-13,15,17-19,24-25,28-51H2,1-5H3/b10-8-,16-14-,22-20-,23-21-,27-26-. The summed E-state index contributed by atoms with van der Waals surface area (Å²) in [4.78, 5) is 37.8. The van der Waals surface area contributed by atoms with E-state index < -0.39 is 26.5 Å². The van der Waals surface area contributed by atoms with Gasteiger partial charge in [0.25, 0.3) is 7.82 Å². The first-order chi connectivity index (χ1) is 31.0. The van der Waals surface area contributed by atoms with Crippen molar-refractivity contribution < 1.29 is 42.1 Å². The van der Waals surface area contributed by atoms with E-state index in [9.17, 15) is 19.0 Å². The second-order valence-electron chi connectivity index (χ2n) is 18.5. The first-order valence-corrected chi connectivity index (χ1v) is 27.5. The molecule has 0 aromatic rings. The molecule has 0 aliphatic carbocycles. The van der Waals surface area contributed by atoms with E-state index >= 15 is 0 Å². The maximum Gasteiger partial charge on any atom is 0.306 e. The molecule has 372 valence electrons. The summed E-state index contributed by atoms with van der Waals surface area (Å²) in [5.41, 5.74) is 0. The topological polar surface area (TPSA) is 111 Å². The Morgan fingerprint density at radius 3 is 1.34 bits per heavy atom. The molecule has 0 saturated heterocycles. The number of likely N-dealkylation sites (N-methyl/N-ethyl adjacent to an activating group) is 1. The Hall–Kier alpha value is -2.29. The molecule has 0 rings (SSSR count). The molecule has 0 spiro atoms. The van der Waals surface area contributed by atoms with Crippen molar-refractivity contribution in [3.63, 3.8) is 0 Å². The van der Waals surface area contributed by atoms with Crippen LogP contribution in [0.15, 0.2) is 60.8 Å². The van der Waals surface area contributed by atoms with Gasteiger partial charge in [0, 0.05) is 12.8 Å². The van der Waals surface area contributed by atoms with Gasteiger partial charge in [-0.05, 0) is 77.0 Å². The van der Waals surface area contributed by atoms with Gasteiger partial charge in [-0.1, -0.05) is 190 Å². The van der Waals surface area contributed by atoms with Crippen LogP contribution in [0.4, 0.5) is 0 Å². The molecule has 0 fully saturated rings. The van der Waals surface area contributed by atoms with Gasteiger partial charge in [-0.3, -0.25) is 14.2 Å². The Kier molecular flexibility index (Phi) is 44.2. The summed E-state index contributed by atoms with van der Waals surface area (Å²) in [7, 11) is 1.16. The Balaban J connectivity index is 4.27. The van der Waals surface area contributed by atoms with Gasteiger partial charge in [-0.25, -0.2) is 0 Å². The van der Waals surface area contributed by atoms with Crippen LogP contribution in [0.2, 0.25) is 0 Å². The van der Waals surface area contributed by atoms with Crippen LogP contribution in [-0.2, 0) is 32.7 Å². The lowest BCUT2D eigenvalue weighted by molar-refractivity contribution is -0.870. The van der Waals surface area contributed by atoms with Crippen LogP contribution in [0.25, 0.3) is 0 Å². The van der Waals surface area contributed by atoms with Gasteiger partial charge in [0.1, 0.15) is 19.8 Å². The van der Waals surface area contributed by atoms with Crippen LogP contribution >= 0.6 is 7.82 Å². The number of quaternary nitrogens is 1. The molecule has 0 radical (unpaired) electrons. The summed E-state index contributed by atoms with van der Waals surface area (Å²) < 4.78 is 34.1. The number of nitrogens with zero attached hydrogens (tertiary/aromatic N) is 1. The second-order valence-corrected chi connectivity index (χ2v) is 19.9. The number of carbonyl (C=O) groups excluding carboxylic acids is 2. The van der Waals surface area contributed by atoms with Crippen molar-refractivity contribution in [1.82, 2.24) is 0 Å². The highest BCUT2D eigenvalue weighted by molar-refractivity contribution is 7.45. The minimum Gasteiger partial charge on any atom is -0.756 e. The van der Waals surface area contributed by atoms with Crippen molar-refractivity contribution in [2.75, 3.05) is 47.5 Å². The third kappa shape index (κ3) is 49.2. The summed E-state index contributed by atoms with van der Waals surface area (Å²) in [6.07, 6.45) is 56.7. The van der Waals surface area contributed by atoms with E-state index in [1.54, 1.807) is 0 Å². The molecular weight excluding hydrogens is 822 g/mol. The molecule has 0 N–H and O–H groups in total. The number of phosphoric acid groups is 1. The third-order valence-corrected chi connectivity index (χ3v) is 12.0. The van der Waals surface area contributed by atoms with Crippen molar-refractivity contribution in [2.45, 2.75) is 225 Å². The molecule has 0 heterocycles. The number of allylic oxidation sites excluding steroid dienone is 10. The smallest absolute Gasteiger partial charge is 0.306 e. The summed E-state index contributed by atoms with van der Waals surface area (Å²) >= 11 is 0. The quantitative estimate of drug-likeness (QED) is 0.0195. The van der Waals surface area contributed by atoms with E-state index in [-0.39, 0.29) is 32.0 Å². The average molecular weight is 920 g/mol. The average Bonchev–Trinajstić information content (AvgIpc) is 3.25. The zero-order valence-corrected chi connectivity index (χ0v) is 42.9. The van der Waals surface area contributed by atoms with E-state index in [0.29, 0.717) is 17.4 Å². The summed E-state index contributed by atoms with van der Waals surface area (Å²) in [5.74, 6) is -0.843. The van der Waals surface area contributed by atoms with E-state index in [4.69, 9.17) is 18.5 Å². The van der Waals surface area contributed by atoms with Gasteiger partial charge < -0.3 is 27.9 Å². The van der Waals surface area contributed by atoms with Crippen molar-refractivity contribution in [1.29, 1.82) is 0 Å². The van der Waals surface area contributed by atoms with Crippen molar-refractivity contribution in [3.8, 4) is 0 Å². The maximum absolute atomic E-state index is 12.8. The van der Waals surface area contributed by atoms with Gasteiger partial charge in [0.2, 0.25) is 0 Å². The van der Waals surface area contributed by atoms with Gasteiger partial charge in [-0.2, -0.15) is 0 Å². The fourth-order valence-corrected chi connectivity index (χ4v) is 7.72. The highest BCUT2D eigenvalue weighted by atomic mass is 31.2. The SMILES string of the molecule is CC/C=C\C/C=C\C/C=C\C/C=C\CCCCCCCCCCC(=O)OC(COC(=O)CCCCCCCCCCC/C=C\CCCCCCCC)COP(=O)([O-])OCC[N+](C)(C)C. The molecule has 10 heteroatoms. The molecule has 0 aliphatic heterocycles. The fourth-order valence-electron chi connectivity index (χ4n) is 6.99. The molecule has 2 atom stereocenters. The largest absolute Gasteiger partial charge is 0.756 e. The van der Waals surface area contributed by atoms with E-state index in [1.807, 2.05) is 21.1 Å². The number of rotatable bonds is 47. The molecule has 0 amide bonds. The lowest BCUT2D eigenvalue weighted by Gasteiger charge is -2.28. The van der Waals surface area contributed by atoms with Crippen LogP contribution < -0.4 is 4.89 Å². The van der Waals surface area contributed by atoms with Crippen LogP contribution in [0, 0.1) is 0 Å². The van der Waals surface area contributed by atoms with Crippen LogP contribution in [0.1, 0.15) is 219 Å². The summed E-state index contributed by atoms with van der Waals surface area (Å²) in [5, 5.41) is 0. The molecule has 0 bridgehead atoms. The number of carbonyl (C=O) groups is 2. The molecule has 0 saturated carbocycles. The minimum absolute atomic E-state index is 0.0347. The van der Waals surface area contributed by atoms with E-state index in [0.717, 1.165) is 70.6 Å². The number of hydrogen-bond acceptors (Lipinski definition) is 8. The Morgan fingerprint density at radius 2 is 0.891 bits per heavy atom. The highest BCUT2D eigenvalue weighted by Crippen LogP contribution is 2.38. The van der Waals surface area contributed by atoms with E-state index in [2.05, 4.69) is 74.6 Å². The van der Waals surface area contributed by atoms with Gasteiger partial charge >= 0.3 is 11.9 Å². The predicted octanol–water partition coefficient (Wildman–Crippen LogP) is 15.0. The zero-order chi connectivity index (χ0) is 47.1. The lowest BCUT2D eigenvalue weighted by Crippen LogP contribution is -2.37. The number of phosphoric ester groups is 1. The molecule has 2 unspecified atom stereocenters. The molecule has 0 aliphatic rings. The molecule has 64 heavy (non-hydrogen) atoms. The Morgan fingerprint density at radius 1 is 0.500 bits per heavy atom. The maximum atomic E-state index is 12.8. The van der Waals surface area contributed by atoms with Crippen LogP contribution in [0.3, 0.4) is 0 Å². The van der Waals surface area contributed by atoms with Crippen molar-refractivity contribution in [2.24, 2.45) is 0 Å². The second kappa shape index (κ2) is 45.8. The van der Waals surface area contributed by atoms with Gasteiger partial charge in [0.05, 0.1) is 27.7 Å². The Bertz CT molecular complexity index is 1270. The third-order valence-electron chi connectivity index (χ3n) is 11.0. The normalized spacial score (nSPS) is 13.9. The van der Waals surface area contributed by atoms with Crippen molar-refractivity contribution >= 4 is 19.8 Å². The number of unbranched alkanes of at least 4 members (excludes halogenated alkanes) is 23. The molecule has 0 aromatic heterocycles. The monoisotopic (exact) mass is 920 g/mol. The summed E-state index contributed by atoms with van der Waals surface area (Å²) in [6, 6.07) is 0. The molecule has 0 aromatic carbocycles. The predicted molar refractivity (Wildman–Crippen MR) is 268 cm³/mol. The molecule has 9 nitrogen and oxygen atoms in total. The number of esters is 2. The van der Waals surface area contributed by atoms with Crippen LogP contribution in [-0.4, -0.2) is 70.0 Å². The molecular formula is C54H98NO8P. The van der Waals surface area contributed by atoms with Gasteiger partial charge in [0.15, 0.2) is 6.10 Å². The number of ether oxygens (including phenoxy) is 2. The van der Waals surface area contributed by atoms with Crippen LogP contribution in [0.5, 0.6) is 0 Å². The summed E-state index contributed by atoms with van der Waals surface area (Å²) in [6.45, 7) is 4.12.